The van der Waals surface area contributed by atoms with Gasteiger partial charge in [-0.15, -0.1) is 0 Å². The molecule has 0 spiro atoms. The fourth-order valence-corrected chi connectivity index (χ4v) is 3.25. The molecule has 1 aromatic rings. The van der Waals surface area contributed by atoms with Gasteiger partial charge in [-0.3, -0.25) is 0 Å². The standard InChI is InChI=1S/C17H28N2O2/c1-17(2)8-7-12(10-17)19-15(11-18)14-6-5-13(20-3)9-16(14)21-4/h5-6,9,12,15,19H,7-8,10-11,18H2,1-4H3. The number of benzene rings is 1. The highest BCUT2D eigenvalue weighted by atomic mass is 16.5. The second kappa shape index (κ2) is 6.67. The molecule has 4 nitrogen and oxygen atoms in total. The second-order valence-electron chi connectivity index (χ2n) is 6.67. The van der Waals surface area contributed by atoms with E-state index in [-0.39, 0.29) is 6.04 Å². The lowest BCUT2D eigenvalue weighted by Gasteiger charge is -2.25. The van der Waals surface area contributed by atoms with Crippen molar-refractivity contribution >= 4 is 0 Å². The molecule has 1 aliphatic rings. The first kappa shape index (κ1) is 16.1. The summed E-state index contributed by atoms with van der Waals surface area (Å²) in [5, 5.41) is 3.70. The molecule has 1 aliphatic carbocycles. The molecule has 0 heterocycles. The van der Waals surface area contributed by atoms with Crippen molar-refractivity contribution in [2.75, 3.05) is 20.8 Å². The van der Waals surface area contributed by atoms with Crippen LogP contribution in [0.5, 0.6) is 11.5 Å². The predicted molar refractivity (Wildman–Crippen MR) is 85.9 cm³/mol. The Kier molecular flexibility index (Phi) is 5.12. The lowest BCUT2D eigenvalue weighted by atomic mass is 9.91. The summed E-state index contributed by atoms with van der Waals surface area (Å²) in [4.78, 5) is 0. The van der Waals surface area contributed by atoms with E-state index in [9.17, 15) is 0 Å². The molecule has 0 aromatic heterocycles. The summed E-state index contributed by atoms with van der Waals surface area (Å²) in [5.74, 6) is 1.63. The summed E-state index contributed by atoms with van der Waals surface area (Å²) < 4.78 is 10.8. The van der Waals surface area contributed by atoms with Crippen molar-refractivity contribution < 1.29 is 9.47 Å². The van der Waals surface area contributed by atoms with E-state index in [0.717, 1.165) is 17.1 Å². The van der Waals surface area contributed by atoms with Gasteiger partial charge in [-0.2, -0.15) is 0 Å². The van der Waals surface area contributed by atoms with Crippen molar-refractivity contribution in [2.45, 2.75) is 45.2 Å². The van der Waals surface area contributed by atoms with Crippen LogP contribution < -0.4 is 20.5 Å². The van der Waals surface area contributed by atoms with Crippen LogP contribution in [0.3, 0.4) is 0 Å². The van der Waals surface area contributed by atoms with Crippen molar-refractivity contribution in [3.05, 3.63) is 23.8 Å². The quantitative estimate of drug-likeness (QED) is 0.846. The number of hydrogen-bond acceptors (Lipinski definition) is 4. The van der Waals surface area contributed by atoms with Crippen molar-refractivity contribution in [3.63, 3.8) is 0 Å². The topological polar surface area (TPSA) is 56.5 Å². The Balaban J connectivity index is 2.14. The molecule has 4 heteroatoms. The average molecular weight is 292 g/mol. The van der Waals surface area contributed by atoms with Gasteiger partial charge in [0.25, 0.3) is 0 Å². The minimum absolute atomic E-state index is 0.116. The van der Waals surface area contributed by atoms with Crippen molar-refractivity contribution in [2.24, 2.45) is 11.1 Å². The lowest BCUT2D eigenvalue weighted by Crippen LogP contribution is -2.36. The molecule has 0 aliphatic heterocycles. The first-order valence-corrected chi connectivity index (χ1v) is 7.67. The minimum Gasteiger partial charge on any atom is -0.497 e. The zero-order valence-electron chi connectivity index (χ0n) is 13.6. The third-order valence-corrected chi connectivity index (χ3v) is 4.46. The monoisotopic (exact) mass is 292 g/mol. The van der Waals surface area contributed by atoms with Gasteiger partial charge in [0.05, 0.1) is 14.2 Å². The van der Waals surface area contributed by atoms with Crippen LogP contribution in [-0.4, -0.2) is 26.8 Å². The number of methoxy groups -OCH3 is 2. The number of ether oxygens (including phenoxy) is 2. The molecule has 0 saturated heterocycles. The summed E-state index contributed by atoms with van der Waals surface area (Å²) in [5.41, 5.74) is 7.53. The van der Waals surface area contributed by atoms with Crippen LogP contribution in [0.1, 0.15) is 44.7 Å². The third-order valence-electron chi connectivity index (χ3n) is 4.46. The van der Waals surface area contributed by atoms with Gasteiger partial charge in [0.2, 0.25) is 0 Å². The fourth-order valence-electron chi connectivity index (χ4n) is 3.25. The molecule has 2 unspecified atom stereocenters. The van der Waals surface area contributed by atoms with Crippen molar-refractivity contribution in [3.8, 4) is 11.5 Å². The van der Waals surface area contributed by atoms with Crippen LogP contribution in [0, 0.1) is 5.41 Å². The van der Waals surface area contributed by atoms with Gasteiger partial charge in [-0.1, -0.05) is 19.9 Å². The molecular weight excluding hydrogens is 264 g/mol. The van der Waals surface area contributed by atoms with E-state index in [1.807, 2.05) is 18.2 Å². The van der Waals surface area contributed by atoms with E-state index in [1.54, 1.807) is 14.2 Å². The number of nitrogens with two attached hydrogens (primary N) is 1. The minimum atomic E-state index is 0.116. The maximum Gasteiger partial charge on any atom is 0.127 e. The highest BCUT2D eigenvalue weighted by Gasteiger charge is 2.32. The molecule has 2 rings (SSSR count). The molecule has 1 saturated carbocycles. The SMILES string of the molecule is COc1ccc(C(CN)NC2CCC(C)(C)C2)c(OC)c1. The second-order valence-corrected chi connectivity index (χ2v) is 6.67. The van der Waals surface area contributed by atoms with E-state index in [2.05, 4.69) is 19.2 Å². The van der Waals surface area contributed by atoms with Crippen LogP contribution in [0.2, 0.25) is 0 Å². The summed E-state index contributed by atoms with van der Waals surface area (Å²) >= 11 is 0. The van der Waals surface area contributed by atoms with Crippen LogP contribution in [0.15, 0.2) is 18.2 Å². The van der Waals surface area contributed by atoms with E-state index < -0.39 is 0 Å². The van der Waals surface area contributed by atoms with Crippen molar-refractivity contribution in [1.82, 2.24) is 5.32 Å². The maximum atomic E-state index is 6.00. The van der Waals surface area contributed by atoms with E-state index in [1.165, 1.54) is 19.3 Å². The molecule has 1 aromatic carbocycles. The smallest absolute Gasteiger partial charge is 0.127 e. The zero-order chi connectivity index (χ0) is 15.5. The first-order chi connectivity index (χ1) is 9.99. The van der Waals surface area contributed by atoms with Crippen LogP contribution in [0.25, 0.3) is 0 Å². The van der Waals surface area contributed by atoms with E-state index >= 15 is 0 Å². The fraction of sp³-hybridized carbons (Fsp3) is 0.647. The molecule has 118 valence electrons. The number of hydrogen-bond donors (Lipinski definition) is 2. The van der Waals surface area contributed by atoms with Gasteiger partial charge in [0.1, 0.15) is 11.5 Å². The summed E-state index contributed by atoms with van der Waals surface area (Å²) in [6.45, 7) is 5.22. The van der Waals surface area contributed by atoms with Crippen LogP contribution >= 0.6 is 0 Å². The van der Waals surface area contributed by atoms with Gasteiger partial charge in [0, 0.05) is 30.3 Å². The number of nitrogens with one attached hydrogen (secondary N) is 1. The molecular formula is C17H28N2O2. The van der Waals surface area contributed by atoms with Gasteiger partial charge in [-0.05, 0) is 30.7 Å². The molecule has 21 heavy (non-hydrogen) atoms. The average Bonchev–Trinajstić information content (AvgIpc) is 2.83. The Bertz CT molecular complexity index is 474. The van der Waals surface area contributed by atoms with Crippen LogP contribution in [0.4, 0.5) is 0 Å². The highest BCUT2D eigenvalue weighted by molar-refractivity contribution is 5.42. The van der Waals surface area contributed by atoms with Gasteiger partial charge in [-0.25, -0.2) is 0 Å². The maximum absolute atomic E-state index is 6.00. The molecule has 0 amide bonds. The zero-order valence-corrected chi connectivity index (χ0v) is 13.6. The van der Waals surface area contributed by atoms with E-state index in [0.29, 0.717) is 18.0 Å². The normalized spacial score (nSPS) is 22.0. The summed E-state index contributed by atoms with van der Waals surface area (Å²) in [6.07, 6.45) is 3.67. The Morgan fingerprint density at radius 1 is 1.33 bits per heavy atom. The Morgan fingerprint density at radius 2 is 2.10 bits per heavy atom. The third kappa shape index (κ3) is 3.89. The van der Waals surface area contributed by atoms with Crippen molar-refractivity contribution in [1.29, 1.82) is 0 Å². The van der Waals surface area contributed by atoms with Gasteiger partial charge < -0.3 is 20.5 Å². The van der Waals surface area contributed by atoms with Gasteiger partial charge >= 0.3 is 0 Å². The van der Waals surface area contributed by atoms with E-state index in [4.69, 9.17) is 15.2 Å². The largest absolute Gasteiger partial charge is 0.497 e. The summed E-state index contributed by atoms with van der Waals surface area (Å²) in [7, 11) is 3.35. The lowest BCUT2D eigenvalue weighted by molar-refractivity contribution is 0.347. The Morgan fingerprint density at radius 3 is 2.62 bits per heavy atom. The number of rotatable bonds is 6. The molecule has 0 bridgehead atoms. The Labute approximate surface area is 128 Å². The molecule has 0 radical (unpaired) electrons. The molecule has 2 atom stereocenters. The van der Waals surface area contributed by atoms with Crippen LogP contribution in [-0.2, 0) is 0 Å². The molecule has 1 fully saturated rings. The highest BCUT2D eigenvalue weighted by Crippen LogP contribution is 2.38. The van der Waals surface area contributed by atoms with Gasteiger partial charge in [0.15, 0.2) is 0 Å². The molecule has 3 N–H and O–H groups in total. The Hall–Kier alpha value is -1.26. The first-order valence-electron chi connectivity index (χ1n) is 7.67. The summed E-state index contributed by atoms with van der Waals surface area (Å²) in [6, 6.07) is 6.56. The predicted octanol–water partition coefficient (Wildman–Crippen LogP) is 2.87.